The zero-order valence-corrected chi connectivity index (χ0v) is 12.3. The van der Waals surface area contributed by atoms with Crippen LogP contribution in [0.5, 0.6) is 0 Å². The van der Waals surface area contributed by atoms with Crippen LogP contribution in [0.15, 0.2) is 22.7 Å². The molecule has 0 radical (unpaired) electrons. The van der Waals surface area contributed by atoms with Gasteiger partial charge in [0.15, 0.2) is 0 Å². The molecule has 0 heterocycles. The lowest BCUT2D eigenvalue weighted by atomic mass is 10.2. The van der Waals surface area contributed by atoms with Gasteiger partial charge in [0.2, 0.25) is 0 Å². The van der Waals surface area contributed by atoms with Gasteiger partial charge >= 0.3 is 12.0 Å². The van der Waals surface area contributed by atoms with Gasteiger partial charge in [-0.05, 0) is 42.2 Å². The second-order valence-corrected chi connectivity index (χ2v) is 5.01. The molecule has 0 spiro atoms. The number of aromatic carboxylic acids is 1. The molecule has 0 bridgehead atoms. The topological polar surface area (TPSA) is 81.7 Å². The molecule has 7 heteroatoms. The van der Waals surface area contributed by atoms with Crippen molar-refractivity contribution in [3.05, 3.63) is 28.2 Å². The van der Waals surface area contributed by atoms with Crippen molar-refractivity contribution in [3.8, 4) is 0 Å². The number of nitrogens with one attached hydrogen (secondary N) is 2. The van der Waals surface area contributed by atoms with Crippen LogP contribution in [0.2, 0.25) is 0 Å². The summed E-state index contributed by atoms with van der Waals surface area (Å²) in [7, 11) is 3.80. The van der Waals surface area contributed by atoms with E-state index in [1.165, 1.54) is 6.07 Å². The Morgan fingerprint density at radius 3 is 2.63 bits per heavy atom. The SMILES string of the molecule is CN(C)CCNC(=O)Nc1c(Br)cccc1C(=O)O. The summed E-state index contributed by atoms with van der Waals surface area (Å²) in [5.41, 5.74) is 0.287. The van der Waals surface area contributed by atoms with Crippen LogP contribution in [0.4, 0.5) is 10.5 Å². The van der Waals surface area contributed by atoms with Crippen molar-refractivity contribution in [2.75, 3.05) is 32.5 Å². The van der Waals surface area contributed by atoms with Gasteiger partial charge in [-0.3, -0.25) is 0 Å². The second-order valence-electron chi connectivity index (χ2n) is 4.15. The minimum Gasteiger partial charge on any atom is -0.478 e. The van der Waals surface area contributed by atoms with Crippen molar-refractivity contribution in [3.63, 3.8) is 0 Å². The van der Waals surface area contributed by atoms with E-state index in [4.69, 9.17) is 5.11 Å². The van der Waals surface area contributed by atoms with E-state index < -0.39 is 12.0 Å². The minimum atomic E-state index is -1.09. The molecule has 1 rings (SSSR count). The van der Waals surface area contributed by atoms with Crippen molar-refractivity contribution in [1.82, 2.24) is 10.2 Å². The Balaban J connectivity index is 2.71. The van der Waals surface area contributed by atoms with Gasteiger partial charge in [-0.25, -0.2) is 9.59 Å². The predicted molar refractivity (Wildman–Crippen MR) is 76.7 cm³/mol. The normalized spacial score (nSPS) is 10.3. The highest BCUT2D eigenvalue weighted by Gasteiger charge is 2.14. The third-order valence-corrected chi connectivity index (χ3v) is 2.99. The average Bonchev–Trinajstić information content (AvgIpc) is 2.30. The van der Waals surface area contributed by atoms with Gasteiger partial charge in [-0.1, -0.05) is 6.07 Å². The Kier molecular flexibility index (Phi) is 5.78. The highest BCUT2D eigenvalue weighted by molar-refractivity contribution is 9.10. The summed E-state index contributed by atoms with van der Waals surface area (Å²) in [5.74, 6) is -1.09. The van der Waals surface area contributed by atoms with Crippen LogP contribution in [0.25, 0.3) is 0 Å². The van der Waals surface area contributed by atoms with Crippen LogP contribution in [-0.4, -0.2) is 49.2 Å². The van der Waals surface area contributed by atoms with Crippen molar-refractivity contribution in [2.45, 2.75) is 0 Å². The first-order chi connectivity index (χ1) is 8.91. The van der Waals surface area contributed by atoms with E-state index >= 15 is 0 Å². The maximum atomic E-state index is 11.7. The maximum absolute atomic E-state index is 11.7. The lowest BCUT2D eigenvalue weighted by molar-refractivity contribution is 0.0698. The van der Waals surface area contributed by atoms with E-state index in [9.17, 15) is 9.59 Å². The number of halogens is 1. The number of anilines is 1. The van der Waals surface area contributed by atoms with Crippen LogP contribution < -0.4 is 10.6 Å². The maximum Gasteiger partial charge on any atom is 0.337 e. The predicted octanol–water partition coefficient (Wildman–Crippen LogP) is 1.83. The van der Waals surface area contributed by atoms with Gasteiger partial charge in [0, 0.05) is 17.6 Å². The fourth-order valence-corrected chi connectivity index (χ4v) is 1.85. The quantitative estimate of drug-likeness (QED) is 0.769. The summed E-state index contributed by atoms with van der Waals surface area (Å²) in [4.78, 5) is 24.7. The van der Waals surface area contributed by atoms with Crippen LogP contribution in [0.1, 0.15) is 10.4 Å². The summed E-state index contributed by atoms with van der Waals surface area (Å²) >= 11 is 3.22. The number of benzene rings is 1. The lowest BCUT2D eigenvalue weighted by Gasteiger charge is -2.13. The first-order valence-corrected chi connectivity index (χ1v) is 6.42. The molecule has 0 aliphatic heterocycles. The van der Waals surface area contributed by atoms with Gasteiger partial charge in [0.1, 0.15) is 0 Å². The molecule has 3 N–H and O–H groups in total. The van der Waals surface area contributed by atoms with Crippen molar-refractivity contribution in [1.29, 1.82) is 0 Å². The van der Waals surface area contributed by atoms with E-state index in [-0.39, 0.29) is 11.3 Å². The highest BCUT2D eigenvalue weighted by Crippen LogP contribution is 2.26. The third kappa shape index (κ3) is 4.88. The third-order valence-electron chi connectivity index (χ3n) is 2.33. The first-order valence-electron chi connectivity index (χ1n) is 5.63. The number of carbonyl (C=O) groups is 2. The smallest absolute Gasteiger partial charge is 0.337 e. The fourth-order valence-electron chi connectivity index (χ4n) is 1.38. The molecular formula is C12H16BrN3O3. The molecule has 0 aromatic heterocycles. The van der Waals surface area contributed by atoms with Crippen molar-refractivity contribution in [2.24, 2.45) is 0 Å². The Labute approximate surface area is 119 Å². The van der Waals surface area contributed by atoms with Crippen molar-refractivity contribution >= 4 is 33.6 Å². The number of hydrogen-bond donors (Lipinski definition) is 3. The van der Waals surface area contributed by atoms with E-state index in [0.717, 1.165) is 0 Å². The zero-order valence-electron chi connectivity index (χ0n) is 10.7. The molecule has 0 aliphatic carbocycles. The second kappa shape index (κ2) is 7.10. The van der Waals surface area contributed by atoms with Gasteiger partial charge < -0.3 is 20.6 Å². The fraction of sp³-hybridized carbons (Fsp3) is 0.333. The number of carboxylic acid groups (broad SMARTS) is 1. The Bertz CT molecular complexity index is 477. The number of amides is 2. The van der Waals surface area contributed by atoms with E-state index in [0.29, 0.717) is 17.6 Å². The number of para-hydroxylation sites is 1. The molecule has 0 fully saturated rings. The molecule has 0 saturated heterocycles. The standard InChI is InChI=1S/C12H16BrN3O3/c1-16(2)7-6-14-12(19)15-10-8(11(17)18)4-3-5-9(10)13/h3-5H,6-7H2,1-2H3,(H,17,18)(H2,14,15,19). The number of nitrogens with zero attached hydrogens (tertiary/aromatic N) is 1. The molecule has 1 aromatic carbocycles. The molecule has 2 amide bonds. The number of carboxylic acids is 1. The molecular weight excluding hydrogens is 314 g/mol. The van der Waals surface area contributed by atoms with Gasteiger partial charge in [0.25, 0.3) is 0 Å². The zero-order chi connectivity index (χ0) is 14.4. The van der Waals surface area contributed by atoms with Gasteiger partial charge in [0.05, 0.1) is 11.3 Å². The molecule has 6 nitrogen and oxygen atoms in total. The molecule has 19 heavy (non-hydrogen) atoms. The summed E-state index contributed by atoms with van der Waals surface area (Å²) in [6.45, 7) is 1.18. The number of likely N-dealkylation sites (N-methyl/N-ethyl adjacent to an activating group) is 1. The molecule has 0 aliphatic rings. The van der Waals surface area contributed by atoms with E-state index in [2.05, 4.69) is 26.6 Å². The molecule has 104 valence electrons. The molecule has 0 saturated carbocycles. The summed E-state index contributed by atoms with van der Waals surface area (Å²) in [5, 5.41) is 14.2. The summed E-state index contributed by atoms with van der Waals surface area (Å²) in [6.07, 6.45) is 0. The lowest BCUT2D eigenvalue weighted by Crippen LogP contribution is -2.34. The van der Waals surface area contributed by atoms with E-state index in [1.54, 1.807) is 12.1 Å². The first kappa shape index (κ1) is 15.5. The largest absolute Gasteiger partial charge is 0.478 e. The van der Waals surface area contributed by atoms with Crippen LogP contribution in [-0.2, 0) is 0 Å². The average molecular weight is 330 g/mol. The monoisotopic (exact) mass is 329 g/mol. The van der Waals surface area contributed by atoms with Crippen LogP contribution in [0, 0.1) is 0 Å². The Morgan fingerprint density at radius 1 is 1.37 bits per heavy atom. The summed E-state index contributed by atoms with van der Waals surface area (Å²) in [6, 6.07) is 4.27. The van der Waals surface area contributed by atoms with Crippen LogP contribution in [0.3, 0.4) is 0 Å². The van der Waals surface area contributed by atoms with Gasteiger partial charge in [-0.15, -0.1) is 0 Å². The number of urea groups is 1. The number of rotatable bonds is 5. The van der Waals surface area contributed by atoms with Crippen molar-refractivity contribution < 1.29 is 14.7 Å². The highest BCUT2D eigenvalue weighted by atomic mass is 79.9. The molecule has 0 unspecified atom stereocenters. The summed E-state index contributed by atoms with van der Waals surface area (Å²) < 4.78 is 0.523. The molecule has 1 aromatic rings. The van der Waals surface area contributed by atoms with Gasteiger partial charge in [-0.2, -0.15) is 0 Å². The number of carbonyl (C=O) groups excluding carboxylic acids is 1. The minimum absolute atomic E-state index is 0.0390. The van der Waals surface area contributed by atoms with E-state index in [1.807, 2.05) is 19.0 Å². The number of hydrogen-bond acceptors (Lipinski definition) is 3. The van der Waals surface area contributed by atoms with Crippen LogP contribution >= 0.6 is 15.9 Å². The Hall–Kier alpha value is -1.60. The molecule has 0 atom stereocenters. The Morgan fingerprint density at radius 2 is 2.05 bits per heavy atom.